The third-order valence-electron chi connectivity index (χ3n) is 2.79. The molecular weight excluding hydrogens is 289 g/mol. The van der Waals surface area contributed by atoms with Gasteiger partial charge in [-0.25, -0.2) is 4.39 Å². The summed E-state index contributed by atoms with van der Waals surface area (Å²) in [6.07, 6.45) is 0. The lowest BCUT2D eigenvalue weighted by Crippen LogP contribution is -1.99. The number of benzene rings is 2. The summed E-state index contributed by atoms with van der Waals surface area (Å²) in [4.78, 5) is 0. The molecule has 106 valence electrons. The third-order valence-corrected chi connectivity index (χ3v) is 3.78. The number of halogens is 1. The number of aromatic nitrogens is 4. The largest absolute Gasteiger partial charge is 0.399 e. The van der Waals surface area contributed by atoms with Crippen molar-refractivity contribution in [3.05, 3.63) is 59.9 Å². The number of nitrogens with zero attached hydrogens (tertiary/aromatic N) is 4. The molecule has 1 aromatic heterocycles. The van der Waals surface area contributed by atoms with Crippen molar-refractivity contribution in [2.24, 2.45) is 0 Å². The van der Waals surface area contributed by atoms with Gasteiger partial charge >= 0.3 is 0 Å². The summed E-state index contributed by atoms with van der Waals surface area (Å²) in [6.45, 7) is 0. The molecule has 1 heterocycles. The van der Waals surface area contributed by atoms with Gasteiger partial charge in [-0.05, 0) is 46.3 Å². The van der Waals surface area contributed by atoms with E-state index in [1.54, 1.807) is 10.7 Å². The molecular formula is C14H12FN5S. The zero-order chi connectivity index (χ0) is 14.7. The molecule has 7 heteroatoms. The van der Waals surface area contributed by atoms with E-state index in [1.807, 2.05) is 30.3 Å². The quantitative estimate of drug-likeness (QED) is 0.592. The smallest absolute Gasteiger partial charge is 0.214 e. The lowest BCUT2D eigenvalue weighted by atomic mass is 10.2. The van der Waals surface area contributed by atoms with Crippen LogP contribution in [0, 0.1) is 5.82 Å². The van der Waals surface area contributed by atoms with Crippen molar-refractivity contribution in [2.75, 3.05) is 5.73 Å². The maximum absolute atomic E-state index is 13.3. The minimum Gasteiger partial charge on any atom is -0.399 e. The standard InChI is InChI=1S/C14H12FN5S/c15-11-6-10(7-12(16)8-11)9-21-14-17-18-19-20(14)13-4-2-1-3-5-13/h1-8H,9,16H2. The van der Waals surface area contributed by atoms with E-state index < -0.39 is 0 Å². The first-order valence-electron chi connectivity index (χ1n) is 6.24. The van der Waals surface area contributed by atoms with Gasteiger partial charge in [0.05, 0.1) is 5.69 Å². The summed E-state index contributed by atoms with van der Waals surface area (Å²) in [6, 6.07) is 14.1. The van der Waals surface area contributed by atoms with E-state index in [0.717, 1.165) is 11.3 Å². The maximum Gasteiger partial charge on any atom is 0.214 e. The lowest BCUT2D eigenvalue weighted by Gasteiger charge is -2.05. The fourth-order valence-corrected chi connectivity index (χ4v) is 2.73. The van der Waals surface area contributed by atoms with Crippen molar-refractivity contribution in [2.45, 2.75) is 10.9 Å². The number of nitrogen functional groups attached to an aromatic ring is 1. The lowest BCUT2D eigenvalue weighted by molar-refractivity contribution is 0.627. The number of anilines is 1. The molecule has 0 saturated carbocycles. The Bertz CT molecular complexity index is 724. The molecule has 0 aliphatic rings. The Morgan fingerprint density at radius 1 is 1.14 bits per heavy atom. The van der Waals surface area contributed by atoms with Crippen molar-refractivity contribution in [1.82, 2.24) is 20.2 Å². The zero-order valence-corrected chi connectivity index (χ0v) is 11.8. The first kappa shape index (κ1) is 13.6. The van der Waals surface area contributed by atoms with Crippen molar-refractivity contribution in [1.29, 1.82) is 0 Å². The third kappa shape index (κ3) is 3.19. The molecule has 0 atom stereocenters. The highest BCUT2D eigenvalue weighted by atomic mass is 32.2. The van der Waals surface area contributed by atoms with Gasteiger partial charge in [-0.15, -0.1) is 5.10 Å². The van der Waals surface area contributed by atoms with E-state index in [0.29, 0.717) is 16.6 Å². The summed E-state index contributed by atoms with van der Waals surface area (Å²) in [5.74, 6) is 0.197. The number of para-hydroxylation sites is 1. The summed E-state index contributed by atoms with van der Waals surface area (Å²) in [5.41, 5.74) is 7.72. The second-order valence-electron chi connectivity index (χ2n) is 4.39. The van der Waals surface area contributed by atoms with Gasteiger partial charge in [0, 0.05) is 11.4 Å². The maximum atomic E-state index is 13.3. The van der Waals surface area contributed by atoms with Crippen LogP contribution in [0.2, 0.25) is 0 Å². The Morgan fingerprint density at radius 2 is 1.95 bits per heavy atom. The van der Waals surface area contributed by atoms with Crippen LogP contribution >= 0.6 is 11.8 Å². The van der Waals surface area contributed by atoms with E-state index in [1.165, 1.54) is 23.9 Å². The van der Waals surface area contributed by atoms with Crippen LogP contribution in [0.5, 0.6) is 0 Å². The van der Waals surface area contributed by atoms with Crippen LogP contribution in [-0.4, -0.2) is 20.2 Å². The van der Waals surface area contributed by atoms with Gasteiger partial charge in [0.15, 0.2) is 0 Å². The fourth-order valence-electron chi connectivity index (χ4n) is 1.91. The average Bonchev–Trinajstić information content (AvgIpc) is 2.93. The van der Waals surface area contributed by atoms with Crippen LogP contribution in [0.1, 0.15) is 5.56 Å². The summed E-state index contributed by atoms with van der Waals surface area (Å²) >= 11 is 1.42. The Morgan fingerprint density at radius 3 is 2.71 bits per heavy atom. The van der Waals surface area contributed by atoms with Crippen molar-refractivity contribution in [3.8, 4) is 5.69 Å². The Balaban J connectivity index is 1.79. The molecule has 21 heavy (non-hydrogen) atoms. The molecule has 5 nitrogen and oxygen atoms in total. The first-order valence-corrected chi connectivity index (χ1v) is 7.22. The number of hydrogen-bond acceptors (Lipinski definition) is 5. The first-order chi connectivity index (χ1) is 10.2. The van der Waals surface area contributed by atoms with Crippen LogP contribution < -0.4 is 5.73 Å². The predicted molar refractivity (Wildman–Crippen MR) is 79.5 cm³/mol. The highest BCUT2D eigenvalue weighted by molar-refractivity contribution is 7.98. The predicted octanol–water partition coefficient (Wildman–Crippen LogP) is 2.68. The molecule has 0 fully saturated rings. The van der Waals surface area contributed by atoms with Gasteiger partial charge in [-0.2, -0.15) is 4.68 Å². The zero-order valence-electron chi connectivity index (χ0n) is 11.0. The second kappa shape index (κ2) is 5.92. The SMILES string of the molecule is Nc1cc(F)cc(CSc2nnnn2-c2ccccc2)c1. The summed E-state index contributed by atoms with van der Waals surface area (Å²) in [7, 11) is 0. The molecule has 2 aromatic carbocycles. The number of thioether (sulfide) groups is 1. The van der Waals surface area contributed by atoms with Gasteiger partial charge in [0.2, 0.25) is 5.16 Å². The average molecular weight is 301 g/mol. The highest BCUT2D eigenvalue weighted by Gasteiger charge is 2.09. The molecule has 0 spiro atoms. The number of nitrogens with two attached hydrogens (primary N) is 1. The normalized spacial score (nSPS) is 10.7. The van der Waals surface area contributed by atoms with Crippen LogP contribution in [-0.2, 0) is 5.75 Å². The highest BCUT2D eigenvalue weighted by Crippen LogP contribution is 2.23. The second-order valence-corrected chi connectivity index (χ2v) is 5.33. The minimum absolute atomic E-state index is 0.340. The molecule has 0 radical (unpaired) electrons. The summed E-state index contributed by atoms with van der Waals surface area (Å²) < 4.78 is 14.9. The van der Waals surface area contributed by atoms with Crippen LogP contribution in [0.3, 0.4) is 0 Å². The molecule has 0 bridgehead atoms. The molecule has 0 aliphatic carbocycles. The Hall–Kier alpha value is -2.41. The van der Waals surface area contributed by atoms with Crippen molar-refractivity contribution in [3.63, 3.8) is 0 Å². The fraction of sp³-hybridized carbons (Fsp3) is 0.0714. The van der Waals surface area contributed by atoms with Crippen molar-refractivity contribution < 1.29 is 4.39 Å². The number of hydrogen-bond donors (Lipinski definition) is 1. The van der Waals surface area contributed by atoms with Gasteiger partial charge in [0.1, 0.15) is 5.82 Å². The van der Waals surface area contributed by atoms with E-state index in [4.69, 9.17) is 5.73 Å². The summed E-state index contributed by atoms with van der Waals surface area (Å²) in [5, 5.41) is 12.3. The monoisotopic (exact) mass is 301 g/mol. The Kier molecular flexibility index (Phi) is 3.83. The van der Waals surface area contributed by atoms with Gasteiger partial charge in [0.25, 0.3) is 0 Å². The molecule has 3 aromatic rings. The molecule has 2 N–H and O–H groups in total. The van der Waals surface area contributed by atoms with E-state index in [9.17, 15) is 4.39 Å². The topological polar surface area (TPSA) is 69.6 Å². The van der Waals surface area contributed by atoms with E-state index >= 15 is 0 Å². The molecule has 0 saturated heterocycles. The molecule has 0 unspecified atom stereocenters. The number of rotatable bonds is 4. The van der Waals surface area contributed by atoms with Gasteiger partial charge in [-0.3, -0.25) is 0 Å². The van der Waals surface area contributed by atoms with Crippen LogP contribution in [0.25, 0.3) is 5.69 Å². The molecule has 3 rings (SSSR count). The molecule has 0 aliphatic heterocycles. The van der Waals surface area contributed by atoms with Crippen LogP contribution in [0.4, 0.5) is 10.1 Å². The minimum atomic E-state index is -0.340. The number of tetrazole rings is 1. The van der Waals surface area contributed by atoms with E-state index in [2.05, 4.69) is 15.5 Å². The van der Waals surface area contributed by atoms with Gasteiger partial charge < -0.3 is 5.73 Å². The Labute approximate surface area is 125 Å². The van der Waals surface area contributed by atoms with E-state index in [-0.39, 0.29) is 5.82 Å². The molecule has 0 amide bonds. The van der Waals surface area contributed by atoms with Crippen LogP contribution in [0.15, 0.2) is 53.7 Å². The van der Waals surface area contributed by atoms with Crippen molar-refractivity contribution >= 4 is 17.4 Å². The van der Waals surface area contributed by atoms with Gasteiger partial charge in [-0.1, -0.05) is 30.0 Å².